The van der Waals surface area contributed by atoms with Crippen molar-refractivity contribution >= 4 is 16.9 Å². The fourth-order valence-corrected chi connectivity index (χ4v) is 2.24. The third-order valence-electron chi connectivity index (χ3n) is 3.28. The van der Waals surface area contributed by atoms with Crippen molar-refractivity contribution in [1.82, 2.24) is 19.9 Å². The predicted molar refractivity (Wildman–Crippen MR) is 79.1 cm³/mol. The van der Waals surface area contributed by atoms with Gasteiger partial charge in [0.25, 0.3) is 5.91 Å². The van der Waals surface area contributed by atoms with Crippen molar-refractivity contribution in [2.24, 2.45) is 0 Å². The van der Waals surface area contributed by atoms with E-state index in [4.69, 9.17) is 0 Å². The van der Waals surface area contributed by atoms with Gasteiger partial charge in [0.15, 0.2) is 0 Å². The monoisotopic (exact) mass is 300 g/mol. The van der Waals surface area contributed by atoms with Crippen LogP contribution in [0.1, 0.15) is 10.4 Å². The van der Waals surface area contributed by atoms with Crippen LogP contribution in [0, 0.1) is 5.82 Å². The number of H-pyrrole nitrogens is 1. The van der Waals surface area contributed by atoms with E-state index in [0.29, 0.717) is 16.6 Å². The lowest BCUT2D eigenvalue weighted by Gasteiger charge is -2.06. The highest BCUT2D eigenvalue weighted by atomic mass is 19.1. The Morgan fingerprint density at radius 2 is 2.23 bits per heavy atom. The first-order valence-electron chi connectivity index (χ1n) is 6.71. The quantitative estimate of drug-likeness (QED) is 0.762. The Kier molecular flexibility index (Phi) is 3.69. The molecule has 0 radical (unpaired) electrons. The summed E-state index contributed by atoms with van der Waals surface area (Å²) in [7, 11) is 0. The Balaban J connectivity index is 1.71. The lowest BCUT2D eigenvalue weighted by Crippen LogP contribution is -2.30. The number of fused-ring (bicyclic) bond motifs is 1. The molecule has 3 aromatic rings. The second kappa shape index (κ2) is 5.80. The van der Waals surface area contributed by atoms with Crippen LogP contribution in [-0.4, -0.2) is 27.0 Å². The maximum absolute atomic E-state index is 13.1. The number of rotatable bonds is 4. The minimum absolute atomic E-state index is 0.257. The number of imidazole rings is 1. The van der Waals surface area contributed by atoms with Crippen molar-refractivity contribution in [2.45, 2.75) is 6.54 Å². The number of benzene rings is 1. The third kappa shape index (κ3) is 2.73. The molecule has 2 N–H and O–H groups in total. The second-order valence-electron chi connectivity index (χ2n) is 4.74. The van der Waals surface area contributed by atoms with E-state index in [1.807, 2.05) is 0 Å². The summed E-state index contributed by atoms with van der Waals surface area (Å²) in [5.41, 5.74) is 1.15. The average Bonchev–Trinajstić information content (AvgIpc) is 2.83. The molecule has 7 heteroatoms. The largest absolute Gasteiger partial charge is 0.350 e. The molecule has 3 rings (SSSR count). The molecule has 0 saturated heterocycles. The molecule has 22 heavy (non-hydrogen) atoms. The van der Waals surface area contributed by atoms with Crippen molar-refractivity contribution < 1.29 is 9.18 Å². The minimum Gasteiger partial charge on any atom is -0.350 e. The molecule has 0 fully saturated rings. The predicted octanol–water partition coefficient (Wildman–Crippen LogP) is 1.29. The van der Waals surface area contributed by atoms with Gasteiger partial charge < -0.3 is 10.3 Å². The fourth-order valence-electron chi connectivity index (χ4n) is 2.24. The van der Waals surface area contributed by atoms with Crippen LogP contribution in [0.25, 0.3) is 11.0 Å². The van der Waals surface area contributed by atoms with E-state index >= 15 is 0 Å². The smallest absolute Gasteiger partial charge is 0.326 e. The molecular formula is C15H13FN4O2. The number of hydrogen-bond donors (Lipinski definition) is 2. The van der Waals surface area contributed by atoms with E-state index in [-0.39, 0.29) is 24.7 Å². The Hall–Kier alpha value is -2.96. The highest BCUT2D eigenvalue weighted by Crippen LogP contribution is 2.11. The molecule has 0 spiro atoms. The second-order valence-corrected chi connectivity index (χ2v) is 4.74. The molecule has 112 valence electrons. The van der Waals surface area contributed by atoms with Crippen molar-refractivity contribution in [3.05, 3.63) is 64.6 Å². The lowest BCUT2D eigenvalue weighted by atomic mass is 10.3. The Labute approximate surface area is 124 Å². The normalized spacial score (nSPS) is 10.8. The maximum atomic E-state index is 13.1. The number of nitrogens with one attached hydrogen (secondary N) is 2. The summed E-state index contributed by atoms with van der Waals surface area (Å²) in [4.78, 5) is 30.2. The SMILES string of the molecule is O=C(NCCn1c(=O)[nH]c2cc(F)ccc21)c1cccnc1. The third-order valence-corrected chi connectivity index (χ3v) is 3.28. The van der Waals surface area contributed by atoms with Crippen LogP contribution in [0.5, 0.6) is 0 Å². The van der Waals surface area contributed by atoms with Gasteiger partial charge >= 0.3 is 5.69 Å². The molecule has 1 amide bonds. The number of hydrogen-bond acceptors (Lipinski definition) is 3. The molecule has 0 atom stereocenters. The van der Waals surface area contributed by atoms with Gasteiger partial charge in [0, 0.05) is 25.5 Å². The topological polar surface area (TPSA) is 79.8 Å². The molecule has 0 aliphatic rings. The molecule has 0 aliphatic carbocycles. The fraction of sp³-hybridized carbons (Fsp3) is 0.133. The molecule has 0 aliphatic heterocycles. The Bertz CT molecular complexity index is 870. The van der Waals surface area contributed by atoms with Gasteiger partial charge in [-0.25, -0.2) is 9.18 Å². The van der Waals surface area contributed by atoms with Crippen LogP contribution in [0.2, 0.25) is 0 Å². The van der Waals surface area contributed by atoms with Gasteiger partial charge in [-0.2, -0.15) is 0 Å². The van der Waals surface area contributed by atoms with Crippen molar-refractivity contribution in [2.75, 3.05) is 6.54 Å². The summed E-state index contributed by atoms with van der Waals surface area (Å²) in [6.07, 6.45) is 3.05. The van der Waals surface area contributed by atoms with Gasteiger partial charge in [0.05, 0.1) is 16.6 Å². The molecule has 6 nitrogen and oxygen atoms in total. The minimum atomic E-state index is -0.411. The number of amides is 1. The lowest BCUT2D eigenvalue weighted by molar-refractivity contribution is 0.0952. The number of carbonyl (C=O) groups is 1. The van der Waals surface area contributed by atoms with Crippen molar-refractivity contribution in [1.29, 1.82) is 0 Å². The van der Waals surface area contributed by atoms with Crippen LogP contribution in [0.4, 0.5) is 4.39 Å². The number of nitrogens with zero attached hydrogens (tertiary/aromatic N) is 2. The summed E-state index contributed by atoms with van der Waals surface area (Å²) >= 11 is 0. The highest BCUT2D eigenvalue weighted by Gasteiger charge is 2.08. The number of halogens is 1. The van der Waals surface area contributed by atoms with E-state index in [1.165, 1.54) is 29.0 Å². The molecule has 0 saturated carbocycles. The van der Waals surface area contributed by atoms with Gasteiger partial charge in [0.1, 0.15) is 5.82 Å². The van der Waals surface area contributed by atoms with E-state index in [1.54, 1.807) is 18.3 Å². The van der Waals surface area contributed by atoms with Crippen LogP contribution in [0.15, 0.2) is 47.5 Å². The van der Waals surface area contributed by atoms with Gasteiger partial charge in [-0.05, 0) is 30.3 Å². The van der Waals surface area contributed by atoms with E-state index in [2.05, 4.69) is 15.3 Å². The van der Waals surface area contributed by atoms with Gasteiger partial charge in [0.2, 0.25) is 0 Å². The molecule has 2 heterocycles. The number of pyridine rings is 1. The van der Waals surface area contributed by atoms with E-state index in [9.17, 15) is 14.0 Å². The van der Waals surface area contributed by atoms with Crippen molar-refractivity contribution in [3.8, 4) is 0 Å². The van der Waals surface area contributed by atoms with Crippen LogP contribution in [0.3, 0.4) is 0 Å². The highest BCUT2D eigenvalue weighted by molar-refractivity contribution is 5.93. The first kappa shape index (κ1) is 14.0. The zero-order valence-corrected chi connectivity index (χ0v) is 11.5. The molecule has 0 unspecified atom stereocenters. The number of aromatic amines is 1. The molecule has 1 aromatic carbocycles. The molecule has 2 aromatic heterocycles. The maximum Gasteiger partial charge on any atom is 0.326 e. The van der Waals surface area contributed by atoms with Crippen LogP contribution >= 0.6 is 0 Å². The van der Waals surface area contributed by atoms with E-state index in [0.717, 1.165) is 0 Å². The molecular weight excluding hydrogens is 287 g/mol. The van der Waals surface area contributed by atoms with Crippen molar-refractivity contribution in [3.63, 3.8) is 0 Å². The summed E-state index contributed by atoms with van der Waals surface area (Å²) in [5.74, 6) is -0.669. The first-order chi connectivity index (χ1) is 10.6. The van der Waals surface area contributed by atoms with Gasteiger partial charge in [-0.3, -0.25) is 14.3 Å². The molecule has 0 bridgehead atoms. The van der Waals surface area contributed by atoms with E-state index < -0.39 is 5.82 Å². The first-order valence-corrected chi connectivity index (χ1v) is 6.71. The zero-order chi connectivity index (χ0) is 15.5. The van der Waals surface area contributed by atoms with Gasteiger partial charge in [-0.15, -0.1) is 0 Å². The number of aromatic nitrogens is 3. The summed E-state index contributed by atoms with van der Waals surface area (Å²) in [6.45, 7) is 0.564. The zero-order valence-electron chi connectivity index (χ0n) is 11.5. The summed E-state index contributed by atoms with van der Waals surface area (Å²) in [5, 5.41) is 2.71. The summed E-state index contributed by atoms with van der Waals surface area (Å²) in [6, 6.07) is 7.42. The Morgan fingerprint density at radius 3 is 3.00 bits per heavy atom. The van der Waals surface area contributed by atoms with Gasteiger partial charge in [-0.1, -0.05) is 0 Å². The summed E-state index contributed by atoms with van der Waals surface area (Å²) < 4.78 is 14.6. The van der Waals surface area contributed by atoms with Crippen LogP contribution < -0.4 is 11.0 Å². The average molecular weight is 300 g/mol. The van der Waals surface area contributed by atoms with Crippen LogP contribution in [-0.2, 0) is 6.54 Å². The standard InChI is InChI=1S/C15H13FN4O2/c16-11-3-4-13-12(8-11)19-15(22)20(13)7-6-18-14(21)10-2-1-5-17-9-10/h1-5,8-9H,6-7H2,(H,18,21)(H,19,22). The Morgan fingerprint density at radius 1 is 1.36 bits per heavy atom. The number of carbonyl (C=O) groups excluding carboxylic acids is 1.